The summed E-state index contributed by atoms with van der Waals surface area (Å²) in [5, 5.41) is 18.5. The van der Waals surface area contributed by atoms with Gasteiger partial charge in [-0.1, -0.05) is 99.0 Å². The van der Waals surface area contributed by atoms with E-state index in [-0.39, 0.29) is 48.5 Å². The van der Waals surface area contributed by atoms with E-state index < -0.39 is 18.0 Å². The van der Waals surface area contributed by atoms with Crippen molar-refractivity contribution in [1.82, 2.24) is 20.6 Å². The van der Waals surface area contributed by atoms with Crippen LogP contribution < -0.4 is 10.6 Å². The monoisotopic (exact) mass is 893 g/mol. The third-order valence-corrected chi connectivity index (χ3v) is 15.2. The summed E-state index contributed by atoms with van der Waals surface area (Å²) in [6, 6.07) is 0. The SMILES string of the molecule is CCC1/C2=C/c3[nH]c4c(c3C)C(=O)C(C(=O)OC)/C4=C3/N/C(=C\c4[nH]c(c(C(C)O)c4C)/C=C(\N2)C1C)C(C)C3CCC(=O)OC/C=C(\C)CCCC(C)CCCC(C)CCCC(C)C. The van der Waals surface area contributed by atoms with Gasteiger partial charge >= 0.3 is 11.9 Å². The molecule has 2 aromatic heterocycles. The van der Waals surface area contributed by atoms with E-state index in [2.05, 4.69) is 94.2 Å². The minimum absolute atomic E-state index is 0.124. The quantitative estimate of drug-likeness (QED) is 0.0502. The molecule has 5 N–H and O–H groups in total. The van der Waals surface area contributed by atoms with Crippen LogP contribution in [0.5, 0.6) is 0 Å². The summed E-state index contributed by atoms with van der Waals surface area (Å²) in [5.41, 5.74) is 11.7. The van der Waals surface area contributed by atoms with Crippen molar-refractivity contribution < 1.29 is 29.0 Å². The van der Waals surface area contributed by atoms with E-state index in [0.29, 0.717) is 29.2 Å². The van der Waals surface area contributed by atoms with Crippen LogP contribution in [0.2, 0.25) is 0 Å². The number of rotatable bonds is 20. The molecule has 4 aliphatic rings. The van der Waals surface area contributed by atoms with Crippen molar-refractivity contribution in [2.45, 2.75) is 159 Å². The molecule has 8 unspecified atom stereocenters. The molecule has 1 aliphatic carbocycles. The Balaban J connectivity index is 1.21. The lowest BCUT2D eigenvalue weighted by molar-refractivity contribution is -0.143. The van der Waals surface area contributed by atoms with Gasteiger partial charge in [-0.2, -0.15) is 0 Å². The molecule has 356 valence electrons. The molecule has 2 saturated heterocycles. The number of ether oxygens (including phenoxy) is 2. The van der Waals surface area contributed by atoms with Gasteiger partial charge in [0, 0.05) is 86.7 Å². The largest absolute Gasteiger partial charge is 0.468 e. The maximum Gasteiger partial charge on any atom is 0.321 e. The molecule has 8 bridgehead atoms. The Morgan fingerprint density at radius 3 is 2.03 bits per heavy atom. The highest BCUT2D eigenvalue weighted by molar-refractivity contribution is 6.24. The van der Waals surface area contributed by atoms with Gasteiger partial charge in [-0.3, -0.25) is 14.4 Å². The highest BCUT2D eigenvalue weighted by atomic mass is 16.5. The van der Waals surface area contributed by atoms with Crippen LogP contribution in [-0.4, -0.2) is 46.5 Å². The minimum atomic E-state index is -1.16. The number of fused-ring (bicyclic) bond motifs is 7. The fraction of sp³-hybridized carbons (Fsp3) is 0.618. The summed E-state index contributed by atoms with van der Waals surface area (Å²) in [5.74, 6) is -0.0117. The predicted octanol–water partition coefficient (Wildman–Crippen LogP) is 12.3. The van der Waals surface area contributed by atoms with Crippen molar-refractivity contribution in [3.63, 3.8) is 0 Å². The van der Waals surface area contributed by atoms with Gasteiger partial charge in [0.25, 0.3) is 0 Å². The second-order valence-corrected chi connectivity index (χ2v) is 20.6. The average Bonchev–Trinajstić information content (AvgIpc) is 4.00. The van der Waals surface area contributed by atoms with Crippen molar-refractivity contribution >= 4 is 41.5 Å². The van der Waals surface area contributed by atoms with E-state index in [1.807, 2.05) is 19.9 Å². The molecule has 0 spiro atoms. The van der Waals surface area contributed by atoms with Crippen molar-refractivity contribution in [1.29, 1.82) is 0 Å². The zero-order chi connectivity index (χ0) is 47.3. The van der Waals surface area contributed by atoms with Crippen molar-refractivity contribution in [2.24, 2.45) is 47.3 Å². The normalized spacial score (nSPS) is 26.4. The van der Waals surface area contributed by atoms with Gasteiger partial charge in [-0.05, 0) is 107 Å². The summed E-state index contributed by atoms with van der Waals surface area (Å²) in [6.07, 6.45) is 20.4. The van der Waals surface area contributed by atoms with Gasteiger partial charge in [0.1, 0.15) is 12.5 Å². The number of esters is 2. The Hall–Kier alpha value is -4.57. The molecule has 10 heteroatoms. The van der Waals surface area contributed by atoms with Gasteiger partial charge in [-0.15, -0.1) is 0 Å². The number of hydrogen-bond donors (Lipinski definition) is 5. The fourth-order valence-electron chi connectivity index (χ4n) is 11.1. The summed E-state index contributed by atoms with van der Waals surface area (Å²) in [6.45, 7) is 24.0. The Morgan fingerprint density at radius 1 is 0.785 bits per heavy atom. The first-order valence-corrected chi connectivity index (χ1v) is 24.9. The molecule has 0 amide bonds. The zero-order valence-electron chi connectivity index (χ0n) is 41.7. The van der Waals surface area contributed by atoms with E-state index in [1.165, 1.54) is 57.6 Å². The number of Topliss-reactive ketones (excluding diaryl/α,β-unsaturated/α-hetero) is 1. The first-order valence-electron chi connectivity index (χ1n) is 24.9. The highest BCUT2D eigenvalue weighted by Crippen LogP contribution is 2.49. The maximum absolute atomic E-state index is 14.4. The molecule has 65 heavy (non-hydrogen) atoms. The number of aromatic nitrogens is 2. The van der Waals surface area contributed by atoms with Crippen LogP contribution in [0.25, 0.3) is 23.8 Å². The van der Waals surface area contributed by atoms with Gasteiger partial charge in [-0.25, -0.2) is 0 Å². The number of hydrogen-bond acceptors (Lipinski definition) is 8. The van der Waals surface area contributed by atoms with Crippen LogP contribution in [0.3, 0.4) is 0 Å². The number of aliphatic hydroxyl groups excluding tert-OH is 1. The van der Waals surface area contributed by atoms with Gasteiger partial charge in [0.05, 0.1) is 18.9 Å². The smallest absolute Gasteiger partial charge is 0.321 e. The molecule has 0 radical (unpaired) electrons. The number of H-pyrrole nitrogens is 2. The minimum Gasteiger partial charge on any atom is -0.468 e. The Kier molecular flexibility index (Phi) is 16.7. The summed E-state index contributed by atoms with van der Waals surface area (Å²) in [7, 11) is 1.32. The third kappa shape index (κ3) is 11.2. The molecular formula is C55H80N4O6. The second kappa shape index (κ2) is 21.8. The van der Waals surface area contributed by atoms with Gasteiger partial charge in [0.15, 0.2) is 5.78 Å². The summed E-state index contributed by atoms with van der Waals surface area (Å²) in [4.78, 5) is 48.8. The molecular weight excluding hydrogens is 813 g/mol. The molecule has 0 aromatic carbocycles. The lowest BCUT2D eigenvalue weighted by atomic mass is 9.85. The number of carbonyl (C=O) groups is 3. The van der Waals surface area contributed by atoms with Gasteiger partial charge < -0.3 is 35.2 Å². The molecule has 0 saturated carbocycles. The van der Waals surface area contributed by atoms with Crippen LogP contribution >= 0.6 is 0 Å². The molecule has 8 atom stereocenters. The van der Waals surface area contributed by atoms with Crippen molar-refractivity contribution in [2.75, 3.05) is 13.7 Å². The Morgan fingerprint density at radius 2 is 1.38 bits per heavy atom. The number of ketones is 1. The number of carbonyl (C=O) groups excluding carboxylic acids is 3. The van der Waals surface area contributed by atoms with E-state index in [9.17, 15) is 19.5 Å². The summed E-state index contributed by atoms with van der Waals surface area (Å²) < 4.78 is 11.1. The zero-order valence-corrected chi connectivity index (χ0v) is 41.7. The molecule has 6 rings (SSSR count). The van der Waals surface area contributed by atoms with E-state index >= 15 is 0 Å². The Bertz CT molecular complexity index is 2230. The molecule has 3 aliphatic heterocycles. The number of allylic oxidation sites excluding steroid dienone is 5. The molecule has 2 fully saturated rings. The Labute approximate surface area is 389 Å². The first-order chi connectivity index (χ1) is 30.9. The third-order valence-electron chi connectivity index (χ3n) is 15.2. The van der Waals surface area contributed by atoms with Crippen molar-refractivity contribution in [3.05, 3.63) is 79.5 Å². The second-order valence-electron chi connectivity index (χ2n) is 20.6. The van der Waals surface area contributed by atoms with Gasteiger partial charge in [0.2, 0.25) is 0 Å². The fourth-order valence-corrected chi connectivity index (χ4v) is 11.1. The molecule has 5 heterocycles. The average molecular weight is 893 g/mol. The molecule has 10 nitrogen and oxygen atoms in total. The molecule has 2 aromatic rings. The first kappa shape index (κ1) is 49.9. The number of methoxy groups -OCH3 is 1. The van der Waals surface area contributed by atoms with Crippen LogP contribution in [0.1, 0.15) is 195 Å². The van der Waals surface area contributed by atoms with E-state index in [1.54, 1.807) is 6.92 Å². The topological polar surface area (TPSA) is 146 Å². The highest BCUT2D eigenvalue weighted by Gasteiger charge is 2.49. The predicted molar refractivity (Wildman–Crippen MR) is 263 cm³/mol. The number of nitrogens with one attached hydrogen (secondary N) is 4. The van der Waals surface area contributed by atoms with Crippen LogP contribution in [0.15, 0.2) is 34.4 Å². The number of aliphatic hydroxyl groups is 1. The maximum atomic E-state index is 14.4. The van der Waals surface area contributed by atoms with Crippen molar-refractivity contribution in [3.8, 4) is 0 Å². The number of aromatic amines is 2. The van der Waals surface area contributed by atoms with Crippen LogP contribution in [-0.2, 0) is 19.1 Å². The van der Waals surface area contributed by atoms with Crippen LogP contribution in [0.4, 0.5) is 0 Å². The lowest BCUT2D eigenvalue weighted by Crippen LogP contribution is -2.25. The summed E-state index contributed by atoms with van der Waals surface area (Å²) >= 11 is 0. The van der Waals surface area contributed by atoms with Crippen LogP contribution in [0, 0.1) is 61.2 Å². The standard InChI is InChI=1S/C55H80N4O6/c1-13-39-34(7)41-29-46-48(38(11)60)36(9)43(57-46)27-42-35(8)40(52(58-42)50-51(55(63)64-12)54(62)49-37(10)44(59-53(49)50)28-45(39)56-41)23-24-47(61)65-26-25-33(6)22-16-21-32(5)20-15-19-31(4)18-14-17-30(2)3/h25,27-32,34-35,38-40,51,56-60H,13-24,26H2,1-12H3/b33-25+,41-29-,42-27-,45-28-,52-50-. The van der Waals surface area contributed by atoms with E-state index in [4.69, 9.17) is 9.47 Å². The lowest BCUT2D eigenvalue weighted by Gasteiger charge is -2.19. The van der Waals surface area contributed by atoms with E-state index in [0.717, 1.165) is 87.7 Å².